The number of sulfone groups is 1. The van der Waals surface area contributed by atoms with Gasteiger partial charge in [-0.05, 0) is 17.5 Å². The minimum Gasteiger partial charge on any atom is -0.410 e. The Morgan fingerprint density at radius 2 is 2.00 bits per heavy atom. The number of aromatic nitrogens is 3. The van der Waals surface area contributed by atoms with Crippen molar-refractivity contribution >= 4 is 26.6 Å². The predicted octanol–water partition coefficient (Wildman–Crippen LogP) is 2.01. The number of hydrogen-bond donors (Lipinski definition) is 2. The number of para-hydroxylation sites is 1. The SMILES string of the molecule is CC(C)[C@H](NC(=O)Cc1c[nH]c2ccccc12)c1nnc(S(C)(=O)=O)o1. The molecule has 0 aliphatic rings. The van der Waals surface area contributed by atoms with E-state index in [2.05, 4.69) is 20.5 Å². The van der Waals surface area contributed by atoms with Crippen molar-refractivity contribution in [3.8, 4) is 0 Å². The number of aromatic amines is 1. The molecule has 26 heavy (non-hydrogen) atoms. The van der Waals surface area contributed by atoms with Crippen LogP contribution in [-0.2, 0) is 21.1 Å². The van der Waals surface area contributed by atoms with Gasteiger partial charge in [-0.1, -0.05) is 37.1 Å². The summed E-state index contributed by atoms with van der Waals surface area (Å²) in [6, 6.07) is 7.16. The van der Waals surface area contributed by atoms with Crippen LogP contribution < -0.4 is 5.32 Å². The van der Waals surface area contributed by atoms with E-state index in [1.54, 1.807) is 0 Å². The second-order valence-corrected chi connectivity index (χ2v) is 8.40. The number of carbonyl (C=O) groups is 1. The second kappa shape index (κ2) is 6.91. The monoisotopic (exact) mass is 376 g/mol. The van der Waals surface area contributed by atoms with Crippen molar-refractivity contribution in [2.24, 2.45) is 5.92 Å². The molecule has 0 spiro atoms. The van der Waals surface area contributed by atoms with E-state index in [1.807, 2.05) is 44.3 Å². The molecule has 3 rings (SSSR count). The lowest BCUT2D eigenvalue weighted by Crippen LogP contribution is -2.33. The third-order valence-corrected chi connectivity index (χ3v) is 4.81. The Balaban J connectivity index is 1.78. The van der Waals surface area contributed by atoms with Crippen LogP contribution in [0, 0.1) is 5.92 Å². The molecule has 0 aliphatic heterocycles. The Labute approximate surface area is 150 Å². The fourth-order valence-electron chi connectivity index (χ4n) is 2.68. The maximum Gasteiger partial charge on any atom is 0.335 e. The van der Waals surface area contributed by atoms with Gasteiger partial charge in [0.05, 0.1) is 6.42 Å². The molecule has 2 N–H and O–H groups in total. The molecule has 9 heteroatoms. The molecule has 8 nitrogen and oxygen atoms in total. The zero-order chi connectivity index (χ0) is 18.9. The van der Waals surface area contributed by atoms with Gasteiger partial charge in [0.2, 0.25) is 21.6 Å². The van der Waals surface area contributed by atoms with Crippen LogP contribution in [0.1, 0.15) is 31.3 Å². The van der Waals surface area contributed by atoms with Crippen molar-refractivity contribution in [3.63, 3.8) is 0 Å². The van der Waals surface area contributed by atoms with Crippen LogP contribution in [0.4, 0.5) is 0 Å². The van der Waals surface area contributed by atoms with Gasteiger partial charge in [-0.3, -0.25) is 4.79 Å². The molecular formula is C17H20N4O4S. The van der Waals surface area contributed by atoms with Crippen molar-refractivity contribution in [2.75, 3.05) is 6.26 Å². The average Bonchev–Trinajstić information content (AvgIpc) is 3.20. The maximum atomic E-state index is 12.5. The summed E-state index contributed by atoms with van der Waals surface area (Å²) in [6.45, 7) is 3.75. The van der Waals surface area contributed by atoms with E-state index in [0.29, 0.717) is 0 Å². The molecule has 0 saturated heterocycles. The van der Waals surface area contributed by atoms with Gasteiger partial charge < -0.3 is 14.7 Å². The second-order valence-electron chi connectivity index (χ2n) is 6.50. The normalized spacial score (nSPS) is 13.2. The summed E-state index contributed by atoms with van der Waals surface area (Å²) < 4.78 is 28.3. The lowest BCUT2D eigenvalue weighted by atomic mass is 10.0. The molecule has 0 bridgehead atoms. The van der Waals surface area contributed by atoms with Crippen LogP contribution in [0.5, 0.6) is 0 Å². The molecule has 0 radical (unpaired) electrons. The average molecular weight is 376 g/mol. The lowest BCUT2D eigenvalue weighted by Gasteiger charge is -2.18. The first kappa shape index (κ1) is 18.1. The standard InChI is InChI=1S/C17H20N4O4S/c1-10(2)15(16-20-21-17(25-16)26(3,23)24)19-14(22)8-11-9-18-13-7-5-4-6-12(11)13/h4-7,9-10,15,18H,8H2,1-3H3,(H,19,22)/t15-/m0/s1. The number of rotatable bonds is 6. The number of H-pyrrole nitrogens is 1. The van der Waals surface area contributed by atoms with Gasteiger partial charge in [0.1, 0.15) is 6.04 Å². The van der Waals surface area contributed by atoms with Crippen molar-refractivity contribution < 1.29 is 17.6 Å². The Bertz CT molecular complexity index is 1040. The van der Waals surface area contributed by atoms with Gasteiger partial charge in [0.15, 0.2) is 0 Å². The highest BCUT2D eigenvalue weighted by Gasteiger charge is 2.27. The molecule has 138 valence electrons. The third kappa shape index (κ3) is 3.77. The van der Waals surface area contributed by atoms with Gasteiger partial charge in [-0.25, -0.2) is 8.42 Å². The Kier molecular flexibility index (Phi) is 4.82. The number of fused-ring (bicyclic) bond motifs is 1. The van der Waals surface area contributed by atoms with Crippen molar-refractivity contribution in [1.82, 2.24) is 20.5 Å². The zero-order valence-corrected chi connectivity index (χ0v) is 15.5. The number of benzene rings is 1. The van der Waals surface area contributed by atoms with E-state index >= 15 is 0 Å². The first-order valence-corrected chi connectivity index (χ1v) is 10.0. The zero-order valence-electron chi connectivity index (χ0n) is 14.7. The number of carbonyl (C=O) groups excluding carboxylic acids is 1. The van der Waals surface area contributed by atoms with Crippen LogP contribution >= 0.6 is 0 Å². The molecule has 1 aromatic carbocycles. The molecule has 0 unspecified atom stereocenters. The highest BCUT2D eigenvalue weighted by molar-refractivity contribution is 7.90. The summed E-state index contributed by atoms with van der Waals surface area (Å²) in [4.78, 5) is 15.6. The van der Waals surface area contributed by atoms with E-state index in [9.17, 15) is 13.2 Å². The molecule has 1 atom stereocenters. The summed E-state index contributed by atoms with van der Waals surface area (Å²) in [5.41, 5.74) is 1.84. The fourth-order valence-corrected chi connectivity index (χ4v) is 3.11. The highest BCUT2D eigenvalue weighted by atomic mass is 32.2. The summed E-state index contributed by atoms with van der Waals surface area (Å²) in [5.74, 6) is -0.199. The van der Waals surface area contributed by atoms with Gasteiger partial charge in [0, 0.05) is 23.4 Å². The molecule has 0 saturated carbocycles. The summed E-state index contributed by atoms with van der Waals surface area (Å²) in [7, 11) is -3.59. The molecule has 2 aromatic heterocycles. The molecule has 1 amide bonds. The first-order chi connectivity index (χ1) is 12.3. The predicted molar refractivity (Wildman–Crippen MR) is 95.1 cm³/mol. The number of amides is 1. The van der Waals surface area contributed by atoms with E-state index in [-0.39, 0.29) is 24.1 Å². The molecule has 2 heterocycles. The van der Waals surface area contributed by atoms with Crippen molar-refractivity contribution in [1.29, 1.82) is 0 Å². The molecule has 0 fully saturated rings. The fraction of sp³-hybridized carbons (Fsp3) is 0.353. The number of nitrogens with zero attached hydrogens (tertiary/aromatic N) is 2. The Hall–Kier alpha value is -2.68. The van der Waals surface area contributed by atoms with E-state index in [0.717, 1.165) is 22.7 Å². The summed E-state index contributed by atoms with van der Waals surface area (Å²) in [6.07, 6.45) is 2.98. The lowest BCUT2D eigenvalue weighted by molar-refractivity contribution is -0.121. The summed E-state index contributed by atoms with van der Waals surface area (Å²) >= 11 is 0. The van der Waals surface area contributed by atoms with E-state index < -0.39 is 21.1 Å². The van der Waals surface area contributed by atoms with Crippen LogP contribution in [0.3, 0.4) is 0 Å². The number of nitrogens with one attached hydrogen (secondary N) is 2. The highest BCUT2D eigenvalue weighted by Crippen LogP contribution is 2.23. The van der Waals surface area contributed by atoms with Crippen LogP contribution in [0.15, 0.2) is 40.1 Å². The smallest absolute Gasteiger partial charge is 0.335 e. The number of hydrogen-bond acceptors (Lipinski definition) is 6. The van der Waals surface area contributed by atoms with Gasteiger partial charge >= 0.3 is 5.22 Å². The Morgan fingerprint density at radius 3 is 2.65 bits per heavy atom. The van der Waals surface area contributed by atoms with Gasteiger partial charge in [-0.15, -0.1) is 5.10 Å². The van der Waals surface area contributed by atoms with Crippen molar-refractivity contribution in [2.45, 2.75) is 31.5 Å². The first-order valence-electron chi connectivity index (χ1n) is 8.13. The van der Waals surface area contributed by atoms with Gasteiger partial charge in [0.25, 0.3) is 0 Å². The van der Waals surface area contributed by atoms with Crippen LogP contribution in [0.2, 0.25) is 0 Å². The third-order valence-electron chi connectivity index (χ3n) is 4.01. The molecule has 0 aliphatic carbocycles. The minimum atomic E-state index is -3.59. The summed E-state index contributed by atoms with van der Waals surface area (Å²) in [5, 5.41) is 10.7. The van der Waals surface area contributed by atoms with Crippen molar-refractivity contribution in [3.05, 3.63) is 41.9 Å². The van der Waals surface area contributed by atoms with Crippen LogP contribution in [-0.4, -0.2) is 35.8 Å². The van der Waals surface area contributed by atoms with E-state index in [4.69, 9.17) is 4.42 Å². The Morgan fingerprint density at radius 1 is 1.27 bits per heavy atom. The maximum absolute atomic E-state index is 12.5. The van der Waals surface area contributed by atoms with Crippen LogP contribution in [0.25, 0.3) is 10.9 Å². The molecular weight excluding hydrogens is 356 g/mol. The van der Waals surface area contributed by atoms with Gasteiger partial charge in [-0.2, -0.15) is 0 Å². The van der Waals surface area contributed by atoms with E-state index in [1.165, 1.54) is 0 Å². The largest absolute Gasteiger partial charge is 0.410 e. The topological polar surface area (TPSA) is 118 Å². The molecule has 3 aromatic rings. The quantitative estimate of drug-likeness (QED) is 0.679. The minimum absolute atomic E-state index is 0.0604.